The van der Waals surface area contributed by atoms with E-state index in [1.807, 2.05) is 18.2 Å². The van der Waals surface area contributed by atoms with E-state index in [1.54, 1.807) is 12.1 Å². The number of piperidine rings is 1. The summed E-state index contributed by atoms with van der Waals surface area (Å²) < 4.78 is 5.64. The van der Waals surface area contributed by atoms with Crippen molar-refractivity contribution in [3.63, 3.8) is 0 Å². The third-order valence-corrected chi connectivity index (χ3v) is 4.84. The highest BCUT2D eigenvalue weighted by Crippen LogP contribution is 2.35. The minimum Gasteiger partial charge on any atom is -0.461 e. The number of hydroxylamine groups is 1. The second kappa shape index (κ2) is 6.13. The van der Waals surface area contributed by atoms with Gasteiger partial charge in [-0.25, -0.2) is 4.79 Å². The van der Waals surface area contributed by atoms with Gasteiger partial charge in [-0.3, -0.25) is 0 Å². The summed E-state index contributed by atoms with van der Waals surface area (Å²) in [4.78, 5) is 14.7. The summed E-state index contributed by atoms with van der Waals surface area (Å²) in [6.45, 7) is 0. The smallest absolute Gasteiger partial charge is 0.330 e. The number of hydrogen-bond donors (Lipinski definition) is 2. The highest BCUT2D eigenvalue weighted by atomic mass is 16.6. The second-order valence-corrected chi connectivity index (χ2v) is 6.05. The molecule has 3 rings (SSSR count). The molecule has 2 saturated heterocycles. The van der Waals surface area contributed by atoms with Crippen LogP contribution in [0.2, 0.25) is 0 Å². The molecule has 3 unspecified atom stereocenters. The van der Waals surface area contributed by atoms with E-state index in [0.717, 1.165) is 12.8 Å². The first-order chi connectivity index (χ1) is 10.2. The summed E-state index contributed by atoms with van der Waals surface area (Å²) in [7, 11) is 2.16. The van der Waals surface area contributed by atoms with Crippen LogP contribution in [0.3, 0.4) is 0 Å². The SMILES string of the molecule is CN1C2CCC1CC(OC(=O)C(NO)c1ccccc1)C2. The largest absolute Gasteiger partial charge is 0.461 e. The van der Waals surface area contributed by atoms with Crippen LogP contribution in [0.25, 0.3) is 0 Å². The van der Waals surface area contributed by atoms with Crippen molar-refractivity contribution in [3.05, 3.63) is 35.9 Å². The lowest BCUT2D eigenvalue weighted by Gasteiger charge is -2.36. The van der Waals surface area contributed by atoms with Crippen molar-refractivity contribution in [1.82, 2.24) is 10.4 Å². The Balaban J connectivity index is 1.63. The number of benzene rings is 1. The molecule has 114 valence electrons. The lowest BCUT2D eigenvalue weighted by molar-refractivity contribution is -0.158. The Hall–Kier alpha value is -1.43. The van der Waals surface area contributed by atoms with Crippen LogP contribution >= 0.6 is 0 Å². The molecule has 2 bridgehead atoms. The van der Waals surface area contributed by atoms with E-state index in [0.29, 0.717) is 17.6 Å². The van der Waals surface area contributed by atoms with E-state index in [4.69, 9.17) is 4.74 Å². The fraction of sp³-hybridized carbons (Fsp3) is 0.562. The van der Waals surface area contributed by atoms with Crippen molar-refractivity contribution in [1.29, 1.82) is 0 Å². The predicted molar refractivity (Wildman–Crippen MR) is 77.8 cm³/mol. The van der Waals surface area contributed by atoms with Crippen molar-refractivity contribution in [2.24, 2.45) is 0 Å². The first kappa shape index (κ1) is 14.5. The Labute approximate surface area is 124 Å². The van der Waals surface area contributed by atoms with E-state index in [9.17, 15) is 10.0 Å². The van der Waals surface area contributed by atoms with E-state index in [2.05, 4.69) is 17.4 Å². The number of hydrogen-bond acceptors (Lipinski definition) is 5. The normalized spacial score (nSPS) is 30.1. The number of rotatable bonds is 4. The van der Waals surface area contributed by atoms with Crippen molar-refractivity contribution in [2.45, 2.75) is 49.9 Å². The first-order valence-corrected chi connectivity index (χ1v) is 7.56. The van der Waals surface area contributed by atoms with Crippen LogP contribution in [0.1, 0.15) is 37.3 Å². The molecule has 21 heavy (non-hydrogen) atoms. The van der Waals surface area contributed by atoms with E-state index in [-0.39, 0.29) is 6.10 Å². The number of fused-ring (bicyclic) bond motifs is 2. The number of ether oxygens (including phenoxy) is 1. The van der Waals surface area contributed by atoms with Crippen LogP contribution in [0.15, 0.2) is 30.3 Å². The van der Waals surface area contributed by atoms with Gasteiger partial charge in [0.2, 0.25) is 0 Å². The fourth-order valence-electron chi connectivity index (χ4n) is 3.60. The zero-order chi connectivity index (χ0) is 14.8. The van der Waals surface area contributed by atoms with Crippen molar-refractivity contribution >= 4 is 5.97 Å². The zero-order valence-corrected chi connectivity index (χ0v) is 12.2. The number of esters is 1. The molecule has 0 aromatic heterocycles. The van der Waals surface area contributed by atoms with Gasteiger partial charge in [0.1, 0.15) is 6.10 Å². The molecule has 2 N–H and O–H groups in total. The first-order valence-electron chi connectivity index (χ1n) is 7.56. The minimum absolute atomic E-state index is 0.0363. The summed E-state index contributed by atoms with van der Waals surface area (Å²) in [6, 6.07) is 9.38. The van der Waals surface area contributed by atoms with Crippen LogP contribution in [0.5, 0.6) is 0 Å². The van der Waals surface area contributed by atoms with E-state index >= 15 is 0 Å². The standard InChI is InChI=1S/C16H22N2O3/c1-18-12-7-8-13(18)10-14(9-12)21-16(19)15(17-20)11-5-3-2-4-6-11/h2-6,12-15,17,20H,7-10H2,1H3. The highest BCUT2D eigenvalue weighted by Gasteiger charge is 2.40. The summed E-state index contributed by atoms with van der Waals surface area (Å²) >= 11 is 0. The van der Waals surface area contributed by atoms with Gasteiger partial charge in [0, 0.05) is 12.1 Å². The van der Waals surface area contributed by atoms with Crippen LogP contribution in [-0.2, 0) is 9.53 Å². The second-order valence-electron chi connectivity index (χ2n) is 6.05. The molecule has 5 heteroatoms. The maximum atomic E-state index is 12.3. The molecule has 1 aromatic rings. The molecular weight excluding hydrogens is 268 g/mol. The van der Waals surface area contributed by atoms with Gasteiger partial charge in [0.15, 0.2) is 6.04 Å². The number of carbonyl (C=O) groups excluding carboxylic acids is 1. The fourth-order valence-corrected chi connectivity index (χ4v) is 3.60. The Kier molecular flexibility index (Phi) is 4.24. The lowest BCUT2D eigenvalue weighted by Crippen LogP contribution is -2.44. The third-order valence-electron chi connectivity index (χ3n) is 4.84. The molecule has 2 aliphatic rings. The molecule has 0 aliphatic carbocycles. The van der Waals surface area contributed by atoms with Crippen LogP contribution in [-0.4, -0.2) is 41.3 Å². The summed E-state index contributed by atoms with van der Waals surface area (Å²) in [6.07, 6.45) is 4.13. The predicted octanol–water partition coefficient (Wildman–Crippen LogP) is 1.87. The van der Waals surface area contributed by atoms with Crippen LogP contribution in [0.4, 0.5) is 0 Å². The van der Waals surface area contributed by atoms with E-state index in [1.165, 1.54) is 12.8 Å². The molecule has 0 radical (unpaired) electrons. The quantitative estimate of drug-likeness (QED) is 0.655. The van der Waals surface area contributed by atoms with Crippen LogP contribution < -0.4 is 5.48 Å². The lowest BCUT2D eigenvalue weighted by atomic mass is 10.0. The summed E-state index contributed by atoms with van der Waals surface area (Å²) in [5.41, 5.74) is 2.78. The van der Waals surface area contributed by atoms with Gasteiger partial charge in [-0.05, 0) is 38.3 Å². The van der Waals surface area contributed by atoms with Gasteiger partial charge in [0.25, 0.3) is 0 Å². The van der Waals surface area contributed by atoms with Crippen molar-refractivity contribution in [3.8, 4) is 0 Å². The van der Waals surface area contributed by atoms with Crippen molar-refractivity contribution in [2.75, 3.05) is 7.05 Å². The number of carbonyl (C=O) groups is 1. The number of nitrogens with zero attached hydrogens (tertiary/aromatic N) is 1. The topological polar surface area (TPSA) is 61.8 Å². The van der Waals surface area contributed by atoms with Gasteiger partial charge in [-0.2, -0.15) is 5.48 Å². The molecule has 1 aromatic carbocycles. The van der Waals surface area contributed by atoms with E-state index < -0.39 is 12.0 Å². The highest BCUT2D eigenvalue weighted by molar-refractivity contribution is 5.77. The summed E-state index contributed by atoms with van der Waals surface area (Å²) in [5, 5.41) is 9.28. The molecule has 0 saturated carbocycles. The van der Waals surface area contributed by atoms with Gasteiger partial charge in [0.05, 0.1) is 0 Å². The monoisotopic (exact) mass is 290 g/mol. The van der Waals surface area contributed by atoms with Gasteiger partial charge in [-0.1, -0.05) is 30.3 Å². The van der Waals surface area contributed by atoms with Gasteiger partial charge < -0.3 is 14.8 Å². The van der Waals surface area contributed by atoms with Crippen molar-refractivity contribution < 1.29 is 14.7 Å². The molecule has 2 aliphatic heterocycles. The molecule has 0 spiro atoms. The maximum absolute atomic E-state index is 12.3. The molecule has 2 heterocycles. The van der Waals surface area contributed by atoms with Gasteiger partial charge >= 0.3 is 5.97 Å². The summed E-state index contributed by atoms with van der Waals surface area (Å²) in [5.74, 6) is -0.405. The Morgan fingerprint density at radius 3 is 2.48 bits per heavy atom. The maximum Gasteiger partial charge on any atom is 0.330 e. The van der Waals surface area contributed by atoms with Gasteiger partial charge in [-0.15, -0.1) is 0 Å². The molecule has 5 nitrogen and oxygen atoms in total. The molecule has 3 atom stereocenters. The van der Waals surface area contributed by atoms with Crippen LogP contribution in [0, 0.1) is 0 Å². The number of nitrogens with one attached hydrogen (secondary N) is 1. The minimum atomic E-state index is -0.816. The molecule has 2 fully saturated rings. The zero-order valence-electron chi connectivity index (χ0n) is 12.2. The third kappa shape index (κ3) is 2.95. The Morgan fingerprint density at radius 2 is 1.90 bits per heavy atom. The Morgan fingerprint density at radius 1 is 1.29 bits per heavy atom. The Bertz CT molecular complexity index is 480. The molecular formula is C16H22N2O3. The molecule has 0 amide bonds. The average Bonchev–Trinajstić information content (AvgIpc) is 2.72. The average molecular weight is 290 g/mol.